The zero-order valence-electron chi connectivity index (χ0n) is 26.1. The van der Waals surface area contributed by atoms with Gasteiger partial charge in [0.1, 0.15) is 0 Å². The number of thiazole rings is 1. The van der Waals surface area contributed by atoms with E-state index < -0.39 is 16.6 Å². The quantitative estimate of drug-likeness (QED) is 0.180. The smallest absolute Gasteiger partial charge is 0.192 e. The number of allylic oxidation sites excluding steroid dienone is 1. The molecule has 0 aliphatic heterocycles. The Morgan fingerprint density at radius 1 is 1.03 bits per heavy atom. The van der Waals surface area contributed by atoms with Crippen LogP contribution in [0.1, 0.15) is 98.7 Å². The summed E-state index contributed by atoms with van der Waals surface area (Å²) in [5.74, 6) is 0.605. The predicted molar refractivity (Wildman–Crippen MR) is 167 cm³/mol. The van der Waals surface area contributed by atoms with Gasteiger partial charge in [0.25, 0.3) is 0 Å². The summed E-state index contributed by atoms with van der Waals surface area (Å²) in [6, 6.07) is 0. The third kappa shape index (κ3) is 11.1. The topological polar surface area (TPSA) is 31.4 Å². The van der Waals surface area contributed by atoms with Crippen molar-refractivity contribution in [2.24, 2.45) is 5.92 Å². The largest absolute Gasteiger partial charge is 0.417 e. The minimum Gasteiger partial charge on any atom is -0.417 e. The molecule has 6 heteroatoms. The summed E-state index contributed by atoms with van der Waals surface area (Å²) in [6.45, 7) is 33.1. The van der Waals surface area contributed by atoms with Crippen LogP contribution in [-0.4, -0.2) is 34.3 Å². The molecular weight excluding hydrogens is 495 g/mol. The van der Waals surface area contributed by atoms with Gasteiger partial charge in [-0.2, -0.15) is 0 Å². The van der Waals surface area contributed by atoms with Crippen LogP contribution in [0.3, 0.4) is 0 Å². The van der Waals surface area contributed by atoms with E-state index >= 15 is 0 Å². The first kappa shape index (κ1) is 33.5. The molecule has 0 bridgehead atoms. The van der Waals surface area contributed by atoms with Crippen molar-refractivity contribution in [3.8, 4) is 0 Å². The Balaban J connectivity index is 2.77. The van der Waals surface area contributed by atoms with Crippen LogP contribution in [0.25, 0.3) is 6.08 Å². The third-order valence-electron chi connectivity index (χ3n) is 8.25. The molecule has 0 aliphatic carbocycles. The van der Waals surface area contributed by atoms with Crippen LogP contribution >= 0.6 is 11.3 Å². The molecule has 0 unspecified atom stereocenters. The second kappa shape index (κ2) is 13.5. The number of aryl methyl sites for hydroxylation is 1. The van der Waals surface area contributed by atoms with Gasteiger partial charge in [-0.05, 0) is 100 Å². The summed E-state index contributed by atoms with van der Waals surface area (Å²) >= 11 is 1.70. The molecule has 0 spiro atoms. The third-order valence-corrected chi connectivity index (χ3v) is 18.0. The highest BCUT2D eigenvalue weighted by molar-refractivity contribution is 7.09. The second-order valence-corrected chi connectivity index (χ2v) is 24.5. The molecule has 36 heavy (non-hydrogen) atoms. The normalized spacial score (nSPS) is 16.4. The number of hydrogen-bond acceptors (Lipinski definition) is 4. The van der Waals surface area contributed by atoms with Crippen molar-refractivity contribution >= 4 is 34.0 Å². The van der Waals surface area contributed by atoms with Crippen molar-refractivity contribution < 1.29 is 8.85 Å². The maximum absolute atomic E-state index is 6.92. The Morgan fingerprint density at radius 3 is 2.11 bits per heavy atom. The number of aromatic nitrogens is 1. The van der Waals surface area contributed by atoms with E-state index in [1.807, 2.05) is 0 Å². The highest BCUT2D eigenvalue weighted by Gasteiger charge is 2.39. The van der Waals surface area contributed by atoms with E-state index in [1.54, 1.807) is 11.3 Å². The monoisotopic (exact) mass is 551 g/mol. The Morgan fingerprint density at radius 2 is 1.61 bits per heavy atom. The summed E-state index contributed by atoms with van der Waals surface area (Å²) in [6.07, 6.45) is 9.22. The molecule has 0 aromatic carbocycles. The van der Waals surface area contributed by atoms with E-state index in [-0.39, 0.29) is 16.2 Å². The van der Waals surface area contributed by atoms with Gasteiger partial charge < -0.3 is 8.85 Å². The molecule has 0 saturated carbocycles. The van der Waals surface area contributed by atoms with Crippen LogP contribution in [-0.2, 0) is 8.85 Å². The van der Waals surface area contributed by atoms with E-state index in [9.17, 15) is 0 Å². The van der Waals surface area contributed by atoms with E-state index in [4.69, 9.17) is 8.85 Å². The second-order valence-electron chi connectivity index (χ2n) is 13.9. The fraction of sp³-hybridized carbons (Fsp3) is 0.767. The number of hydrogen-bond donors (Lipinski definition) is 0. The molecule has 0 fully saturated rings. The predicted octanol–water partition coefficient (Wildman–Crippen LogP) is 10.4. The van der Waals surface area contributed by atoms with Gasteiger partial charge >= 0.3 is 0 Å². The van der Waals surface area contributed by atoms with Gasteiger partial charge in [0.05, 0.1) is 16.8 Å². The summed E-state index contributed by atoms with van der Waals surface area (Å²) in [5, 5.41) is 3.71. The van der Waals surface area contributed by atoms with Gasteiger partial charge in [-0.25, -0.2) is 4.98 Å². The first-order valence-electron chi connectivity index (χ1n) is 13.8. The molecule has 1 heterocycles. The lowest BCUT2D eigenvalue weighted by atomic mass is 10.0. The molecule has 1 aromatic heterocycles. The van der Waals surface area contributed by atoms with E-state index in [0.717, 1.165) is 30.2 Å². The van der Waals surface area contributed by atoms with Crippen molar-refractivity contribution in [3.05, 3.63) is 33.3 Å². The molecule has 3 nitrogen and oxygen atoms in total. The van der Waals surface area contributed by atoms with Gasteiger partial charge in [0.15, 0.2) is 16.6 Å². The Kier molecular flexibility index (Phi) is 12.6. The zero-order chi connectivity index (χ0) is 27.9. The highest BCUT2D eigenvalue weighted by Crippen LogP contribution is 2.39. The average Bonchev–Trinajstić information content (AvgIpc) is 3.12. The Bertz CT molecular complexity index is 872. The van der Waals surface area contributed by atoms with Crippen molar-refractivity contribution in [1.29, 1.82) is 0 Å². The Labute approximate surface area is 230 Å². The molecule has 0 N–H and O–H groups in total. The number of rotatable bonds is 13. The Hall–Kier alpha value is -0.536. The van der Waals surface area contributed by atoms with Crippen LogP contribution in [0.2, 0.25) is 36.3 Å². The van der Waals surface area contributed by atoms with Crippen molar-refractivity contribution in [2.45, 2.75) is 137 Å². The maximum Gasteiger partial charge on any atom is 0.192 e. The zero-order valence-corrected chi connectivity index (χ0v) is 28.9. The summed E-state index contributed by atoms with van der Waals surface area (Å²) in [7, 11) is -3.55. The standard InChI is InChI=1S/C30H57NO2SSi2/c1-23(16-15-17-24(2)21-32-35(11,12)29(5,6)7)18-19-28(33-36(13,14)30(8,9)10)25(3)20-27-22-34-26(4)31-27/h18,20,22,24,28H,15-17,19,21H2,1-14H3/b23-18-,25-20+/t24-,28-/m1/s1. The summed E-state index contributed by atoms with van der Waals surface area (Å²) < 4.78 is 13.4. The minimum absolute atomic E-state index is 0.0970. The minimum atomic E-state index is -1.89. The molecule has 2 atom stereocenters. The van der Waals surface area contributed by atoms with Crippen LogP contribution < -0.4 is 0 Å². The van der Waals surface area contributed by atoms with Crippen LogP contribution in [0.5, 0.6) is 0 Å². The lowest BCUT2D eigenvalue weighted by Crippen LogP contribution is -2.44. The SMILES string of the molecule is C/C(=C/C[C@@H](O[Si](C)(C)C(C)(C)C)/C(C)=C/c1csc(C)n1)CCC[C@@H](C)CO[Si](C)(C)C(C)(C)C. The van der Waals surface area contributed by atoms with Gasteiger partial charge in [-0.3, -0.25) is 0 Å². The van der Waals surface area contributed by atoms with Gasteiger partial charge in [-0.1, -0.05) is 60.1 Å². The highest BCUT2D eigenvalue weighted by atomic mass is 32.1. The molecule has 0 saturated heterocycles. The van der Waals surface area contributed by atoms with Crippen LogP contribution in [0, 0.1) is 12.8 Å². The fourth-order valence-corrected chi connectivity index (χ4v) is 6.47. The van der Waals surface area contributed by atoms with Crippen molar-refractivity contribution in [1.82, 2.24) is 4.98 Å². The maximum atomic E-state index is 6.92. The number of nitrogens with zero attached hydrogens (tertiary/aromatic N) is 1. The fourth-order valence-electron chi connectivity index (χ4n) is 3.42. The average molecular weight is 552 g/mol. The first-order valence-corrected chi connectivity index (χ1v) is 20.5. The summed E-state index contributed by atoms with van der Waals surface area (Å²) in [5.41, 5.74) is 3.78. The van der Waals surface area contributed by atoms with E-state index in [0.29, 0.717) is 5.92 Å². The lowest BCUT2D eigenvalue weighted by Gasteiger charge is -2.39. The molecule has 1 rings (SSSR count). The van der Waals surface area contributed by atoms with Gasteiger partial charge in [-0.15, -0.1) is 11.3 Å². The molecule has 208 valence electrons. The van der Waals surface area contributed by atoms with Crippen molar-refractivity contribution in [3.63, 3.8) is 0 Å². The molecular formula is C30H57NO2SSi2. The summed E-state index contributed by atoms with van der Waals surface area (Å²) in [4.78, 5) is 4.65. The van der Waals surface area contributed by atoms with Crippen molar-refractivity contribution in [2.75, 3.05) is 6.61 Å². The first-order chi connectivity index (χ1) is 16.2. The van der Waals surface area contributed by atoms with E-state index in [1.165, 1.54) is 24.0 Å². The van der Waals surface area contributed by atoms with E-state index in [2.05, 4.69) is 118 Å². The molecule has 0 radical (unpaired) electrons. The van der Waals surface area contributed by atoms with Gasteiger partial charge in [0.2, 0.25) is 0 Å². The molecule has 0 aliphatic rings. The molecule has 0 amide bonds. The lowest BCUT2D eigenvalue weighted by molar-refractivity contribution is 0.217. The van der Waals surface area contributed by atoms with Gasteiger partial charge in [0, 0.05) is 12.0 Å². The van der Waals surface area contributed by atoms with Crippen LogP contribution in [0.4, 0.5) is 0 Å². The van der Waals surface area contributed by atoms with Crippen LogP contribution in [0.15, 0.2) is 22.6 Å². The molecule has 1 aromatic rings.